The molecule has 0 saturated heterocycles. The highest BCUT2D eigenvalue weighted by atomic mass is 16.9. The molecule has 6 nitrogen and oxygen atoms in total. The van der Waals surface area contributed by atoms with Crippen LogP contribution in [0.4, 0.5) is 0 Å². The van der Waals surface area contributed by atoms with Crippen LogP contribution in [0.25, 0.3) is 0 Å². The first-order chi connectivity index (χ1) is 5.54. The molecule has 6 heteroatoms. The largest absolute Gasteiger partial charge is 0.390 e. The van der Waals surface area contributed by atoms with Gasteiger partial charge in [0.1, 0.15) is 0 Å². The highest BCUT2D eigenvalue weighted by molar-refractivity contribution is 4.72. The van der Waals surface area contributed by atoms with E-state index in [1.165, 1.54) is 0 Å². The van der Waals surface area contributed by atoms with Gasteiger partial charge in [-0.3, -0.25) is 0 Å². The second-order valence-electron chi connectivity index (χ2n) is 2.66. The van der Waals surface area contributed by atoms with Crippen LogP contribution >= 0.6 is 0 Å². The summed E-state index contributed by atoms with van der Waals surface area (Å²) in [5, 5.41) is 31.5. The molecule has 3 N–H and O–H groups in total. The smallest absolute Gasteiger partial charge is 0.291 e. The Morgan fingerprint density at radius 3 is 1.58 bits per heavy atom. The zero-order chi connectivity index (χ0) is 9.56. The first-order valence-corrected chi connectivity index (χ1v) is 3.73. The minimum atomic E-state index is -1.50. The molecule has 1 rings (SSSR count). The van der Waals surface area contributed by atoms with E-state index in [1.807, 2.05) is 0 Å². The summed E-state index contributed by atoms with van der Waals surface area (Å²) in [4.78, 5) is 8.36. The van der Waals surface area contributed by atoms with Crippen LogP contribution in [0, 0.1) is 10.1 Å². The zero-order valence-electron chi connectivity index (χ0n) is 6.59. The highest BCUT2D eigenvalue weighted by Crippen LogP contribution is 2.17. The van der Waals surface area contributed by atoms with Gasteiger partial charge in [0, 0.05) is 0 Å². The maximum absolute atomic E-state index is 8.93. The SMILES string of the molecule is O=[N+]([O-])O.OC1CCCCC1O. The van der Waals surface area contributed by atoms with Crippen molar-refractivity contribution in [3.63, 3.8) is 0 Å². The van der Waals surface area contributed by atoms with E-state index in [4.69, 9.17) is 25.5 Å². The molecule has 1 aliphatic carbocycles. The third-order valence-electron chi connectivity index (χ3n) is 1.69. The Balaban J connectivity index is 0.000000261. The summed E-state index contributed by atoms with van der Waals surface area (Å²) < 4.78 is 0. The van der Waals surface area contributed by atoms with Gasteiger partial charge in [0.25, 0.3) is 5.09 Å². The lowest BCUT2D eigenvalue weighted by Crippen LogP contribution is -2.28. The third kappa shape index (κ3) is 5.87. The predicted octanol–water partition coefficient (Wildman–Crippen LogP) is -0.0655. The molecule has 2 atom stereocenters. The second-order valence-corrected chi connectivity index (χ2v) is 2.66. The summed E-state index contributed by atoms with van der Waals surface area (Å²) in [5.74, 6) is 0. The van der Waals surface area contributed by atoms with Gasteiger partial charge in [-0.15, -0.1) is 10.1 Å². The quantitative estimate of drug-likeness (QED) is 0.357. The van der Waals surface area contributed by atoms with Crippen molar-refractivity contribution in [2.45, 2.75) is 37.9 Å². The summed E-state index contributed by atoms with van der Waals surface area (Å²) in [5.41, 5.74) is 0. The molecule has 1 fully saturated rings. The lowest BCUT2D eigenvalue weighted by Gasteiger charge is -2.22. The molecule has 1 aliphatic rings. The fourth-order valence-corrected chi connectivity index (χ4v) is 1.09. The standard InChI is InChI=1S/C6H12O2.HNO3/c7-5-3-1-2-4-6(5)8;2-1(3)4/h5-8H,1-4H2;(H,2,3,4). The van der Waals surface area contributed by atoms with Crippen LogP contribution in [0.5, 0.6) is 0 Å². The molecule has 0 spiro atoms. The van der Waals surface area contributed by atoms with Crippen LogP contribution in [0.2, 0.25) is 0 Å². The first kappa shape index (κ1) is 11.1. The molecular weight excluding hydrogens is 166 g/mol. The molecule has 12 heavy (non-hydrogen) atoms. The molecule has 2 unspecified atom stereocenters. The summed E-state index contributed by atoms with van der Waals surface area (Å²) in [7, 11) is 0. The molecule has 0 radical (unpaired) electrons. The van der Waals surface area contributed by atoms with Crippen LogP contribution in [-0.4, -0.2) is 32.7 Å². The average molecular weight is 179 g/mol. The Labute approximate surface area is 69.6 Å². The molecule has 0 aromatic rings. The predicted molar refractivity (Wildman–Crippen MR) is 39.3 cm³/mol. The lowest BCUT2D eigenvalue weighted by molar-refractivity contribution is -0.742. The maximum atomic E-state index is 8.93. The van der Waals surface area contributed by atoms with Gasteiger partial charge < -0.3 is 15.4 Å². The fraction of sp³-hybridized carbons (Fsp3) is 1.00. The molecule has 72 valence electrons. The number of hydrogen-bond acceptors (Lipinski definition) is 4. The van der Waals surface area contributed by atoms with Crippen molar-refractivity contribution >= 4 is 0 Å². The van der Waals surface area contributed by atoms with Crippen LogP contribution in [-0.2, 0) is 0 Å². The Bertz CT molecular complexity index is 126. The normalized spacial score (nSPS) is 28.5. The van der Waals surface area contributed by atoms with Gasteiger partial charge in [0.2, 0.25) is 0 Å². The topological polar surface area (TPSA) is 104 Å². The van der Waals surface area contributed by atoms with Crippen molar-refractivity contribution in [3.05, 3.63) is 10.1 Å². The van der Waals surface area contributed by atoms with Crippen molar-refractivity contribution in [1.29, 1.82) is 0 Å². The highest BCUT2D eigenvalue weighted by Gasteiger charge is 2.19. The van der Waals surface area contributed by atoms with E-state index < -0.39 is 17.3 Å². The molecule has 0 amide bonds. The van der Waals surface area contributed by atoms with E-state index in [9.17, 15) is 0 Å². The maximum Gasteiger partial charge on any atom is 0.291 e. The van der Waals surface area contributed by atoms with Crippen molar-refractivity contribution in [3.8, 4) is 0 Å². The van der Waals surface area contributed by atoms with Crippen LogP contribution in [0.3, 0.4) is 0 Å². The van der Waals surface area contributed by atoms with E-state index in [0.717, 1.165) is 25.7 Å². The van der Waals surface area contributed by atoms with Crippen molar-refractivity contribution in [2.24, 2.45) is 0 Å². The molecule has 0 heterocycles. The van der Waals surface area contributed by atoms with Crippen molar-refractivity contribution in [2.75, 3.05) is 0 Å². The summed E-state index contributed by atoms with van der Waals surface area (Å²) in [6, 6.07) is 0. The number of rotatable bonds is 0. The Morgan fingerprint density at radius 1 is 1.17 bits per heavy atom. The minimum absolute atomic E-state index is 0.441. The van der Waals surface area contributed by atoms with Crippen LogP contribution in [0.15, 0.2) is 0 Å². The zero-order valence-corrected chi connectivity index (χ0v) is 6.59. The lowest BCUT2D eigenvalue weighted by atomic mass is 9.95. The van der Waals surface area contributed by atoms with Gasteiger partial charge in [0.05, 0.1) is 12.2 Å². The molecular formula is C6H13NO5. The van der Waals surface area contributed by atoms with Gasteiger partial charge in [-0.1, -0.05) is 12.8 Å². The summed E-state index contributed by atoms with van der Waals surface area (Å²) >= 11 is 0. The first-order valence-electron chi connectivity index (χ1n) is 3.73. The van der Waals surface area contributed by atoms with Crippen LogP contribution in [0.1, 0.15) is 25.7 Å². The molecule has 0 aromatic heterocycles. The number of hydrogen-bond donors (Lipinski definition) is 3. The van der Waals surface area contributed by atoms with E-state index in [-0.39, 0.29) is 0 Å². The Hall–Kier alpha value is -0.880. The monoisotopic (exact) mass is 179 g/mol. The molecule has 1 saturated carbocycles. The minimum Gasteiger partial charge on any atom is -0.390 e. The van der Waals surface area contributed by atoms with E-state index in [0.29, 0.717) is 0 Å². The van der Waals surface area contributed by atoms with E-state index in [2.05, 4.69) is 0 Å². The van der Waals surface area contributed by atoms with Crippen molar-refractivity contribution < 1.29 is 20.5 Å². The second kappa shape index (κ2) is 5.73. The number of aliphatic hydroxyl groups is 2. The Kier molecular flexibility index (Phi) is 5.31. The number of aliphatic hydroxyl groups excluding tert-OH is 2. The number of nitrogens with zero attached hydrogens (tertiary/aromatic N) is 1. The fourth-order valence-electron chi connectivity index (χ4n) is 1.09. The molecule has 0 aromatic carbocycles. The van der Waals surface area contributed by atoms with Gasteiger partial charge in [0.15, 0.2) is 0 Å². The van der Waals surface area contributed by atoms with E-state index in [1.54, 1.807) is 0 Å². The average Bonchev–Trinajstić information content (AvgIpc) is 1.94. The van der Waals surface area contributed by atoms with Crippen molar-refractivity contribution in [1.82, 2.24) is 0 Å². The van der Waals surface area contributed by atoms with E-state index >= 15 is 0 Å². The summed E-state index contributed by atoms with van der Waals surface area (Å²) in [6.07, 6.45) is 2.81. The van der Waals surface area contributed by atoms with Gasteiger partial charge in [-0.25, -0.2) is 0 Å². The van der Waals surface area contributed by atoms with Crippen LogP contribution < -0.4 is 0 Å². The van der Waals surface area contributed by atoms with Gasteiger partial charge in [-0.2, -0.15) is 0 Å². The molecule has 0 aliphatic heterocycles. The van der Waals surface area contributed by atoms with Gasteiger partial charge >= 0.3 is 0 Å². The summed E-state index contributed by atoms with van der Waals surface area (Å²) in [6.45, 7) is 0. The molecule has 0 bridgehead atoms. The third-order valence-corrected chi connectivity index (χ3v) is 1.69. The van der Waals surface area contributed by atoms with Gasteiger partial charge in [-0.05, 0) is 12.8 Å². The Morgan fingerprint density at radius 2 is 1.42 bits per heavy atom.